The number of hydrogen-bond acceptors (Lipinski definition) is 8. The molecule has 3 aromatic heterocycles. The van der Waals surface area contributed by atoms with Gasteiger partial charge in [0.05, 0.1) is 17.8 Å². The van der Waals surface area contributed by atoms with Crippen LogP contribution in [0.3, 0.4) is 0 Å². The molecule has 1 saturated heterocycles. The first-order chi connectivity index (χ1) is 18.0. The zero-order valence-electron chi connectivity index (χ0n) is 21.4. The highest BCUT2D eigenvalue weighted by molar-refractivity contribution is 6.31. The molecule has 4 heterocycles. The molecule has 1 aliphatic heterocycles. The summed E-state index contributed by atoms with van der Waals surface area (Å²) in [7, 11) is 2.17. The minimum Gasteiger partial charge on any atom is -0.384 e. The third-order valence-electron chi connectivity index (χ3n) is 6.64. The molecule has 0 amide bonds. The maximum absolute atomic E-state index is 6.15. The van der Waals surface area contributed by atoms with E-state index < -0.39 is 0 Å². The number of pyridine rings is 2. The Morgan fingerprint density at radius 1 is 0.973 bits per heavy atom. The molecule has 1 N–H and O–H groups in total. The van der Waals surface area contributed by atoms with Gasteiger partial charge >= 0.3 is 0 Å². The number of hydrogen-bond donors (Lipinski definition) is 1. The quantitative estimate of drug-likeness (QED) is 0.322. The second-order valence-electron chi connectivity index (χ2n) is 9.50. The summed E-state index contributed by atoms with van der Waals surface area (Å²) in [5.74, 6) is 1.75. The number of likely N-dealkylation sites (N-methyl/N-ethyl adjacent to an activating group) is 1. The molecule has 0 aliphatic carbocycles. The van der Waals surface area contributed by atoms with Crippen molar-refractivity contribution in [3.8, 4) is 0 Å². The van der Waals surface area contributed by atoms with E-state index >= 15 is 0 Å². The fourth-order valence-corrected chi connectivity index (χ4v) is 4.75. The highest BCUT2D eigenvalue weighted by atomic mass is 35.5. The molecule has 1 aliphatic rings. The van der Waals surface area contributed by atoms with E-state index in [4.69, 9.17) is 21.6 Å². The third kappa shape index (κ3) is 6.45. The lowest BCUT2D eigenvalue weighted by molar-refractivity contribution is 0.312. The summed E-state index contributed by atoms with van der Waals surface area (Å²) >= 11 is 6.15. The molecule has 1 aromatic carbocycles. The van der Waals surface area contributed by atoms with Crippen molar-refractivity contribution in [3.63, 3.8) is 0 Å². The van der Waals surface area contributed by atoms with Crippen molar-refractivity contribution in [1.29, 1.82) is 0 Å². The van der Waals surface area contributed by atoms with Crippen molar-refractivity contribution < 1.29 is 0 Å². The Morgan fingerprint density at radius 2 is 1.84 bits per heavy atom. The highest BCUT2D eigenvalue weighted by Gasteiger charge is 2.19. The first-order valence-corrected chi connectivity index (χ1v) is 13.1. The van der Waals surface area contributed by atoms with Crippen molar-refractivity contribution in [2.24, 2.45) is 0 Å². The van der Waals surface area contributed by atoms with Crippen LogP contribution in [-0.4, -0.2) is 71.2 Å². The summed E-state index contributed by atoms with van der Waals surface area (Å²) in [6, 6.07) is 15.9. The number of nitrogens with one attached hydrogen (secondary N) is 1. The second kappa shape index (κ2) is 11.7. The number of aromatic nitrogens is 4. The van der Waals surface area contributed by atoms with Gasteiger partial charge in [-0.3, -0.25) is 9.97 Å². The molecule has 1 fully saturated rings. The average molecular weight is 517 g/mol. The monoisotopic (exact) mass is 516 g/mol. The molecule has 37 heavy (non-hydrogen) atoms. The molecule has 0 atom stereocenters. The topological polar surface area (TPSA) is 73.3 Å². The number of anilines is 3. The number of piperazine rings is 1. The van der Waals surface area contributed by atoms with Crippen LogP contribution in [0.4, 0.5) is 17.5 Å². The number of fused-ring (bicyclic) bond motifs is 1. The Kier molecular flexibility index (Phi) is 7.96. The van der Waals surface area contributed by atoms with Gasteiger partial charge in [0.2, 0.25) is 5.95 Å². The second-order valence-corrected chi connectivity index (χ2v) is 9.94. The third-order valence-corrected chi connectivity index (χ3v) is 6.88. The summed E-state index contributed by atoms with van der Waals surface area (Å²) in [6.45, 7) is 8.33. The molecule has 192 valence electrons. The normalized spacial score (nSPS) is 14.2. The van der Waals surface area contributed by atoms with Crippen LogP contribution in [0.1, 0.15) is 17.8 Å². The van der Waals surface area contributed by atoms with Gasteiger partial charge in [-0.1, -0.05) is 17.7 Å². The van der Waals surface area contributed by atoms with E-state index in [1.165, 1.54) is 0 Å². The number of aryl methyl sites for hydroxylation is 1. The number of benzene rings is 1. The standard InChI is InChI=1S/C28H33ClN8/c1-21-18-27(36-16-14-35(2)15-17-36)34-28(33-21)37(20-23-6-3-4-10-30-23)13-5-11-31-25-9-12-32-26-19-22(29)7-8-24(25)26/h3-4,6-10,12,18-19H,5,11,13-17,20H2,1-2H3,(H,31,32). The molecule has 9 heteroatoms. The molecule has 4 aromatic rings. The zero-order chi connectivity index (χ0) is 25.6. The lowest BCUT2D eigenvalue weighted by Gasteiger charge is -2.34. The SMILES string of the molecule is Cc1cc(N2CCN(C)CC2)nc(N(CCCNc2ccnc3cc(Cl)ccc23)Cc2ccccn2)n1. The maximum atomic E-state index is 6.15. The molecule has 8 nitrogen and oxygen atoms in total. The molecular formula is C28H33ClN8. The van der Waals surface area contributed by atoms with Gasteiger partial charge in [0, 0.05) is 79.5 Å². The zero-order valence-corrected chi connectivity index (χ0v) is 22.2. The molecule has 0 radical (unpaired) electrons. The Morgan fingerprint density at radius 3 is 2.65 bits per heavy atom. The number of halogens is 1. The van der Waals surface area contributed by atoms with Crippen molar-refractivity contribution in [2.45, 2.75) is 19.9 Å². The van der Waals surface area contributed by atoms with E-state index in [0.29, 0.717) is 11.6 Å². The summed E-state index contributed by atoms with van der Waals surface area (Å²) in [6.07, 6.45) is 4.56. The molecule has 0 bridgehead atoms. The van der Waals surface area contributed by atoms with Gasteiger partial charge in [0.25, 0.3) is 0 Å². The smallest absolute Gasteiger partial charge is 0.227 e. The van der Waals surface area contributed by atoms with E-state index in [1.54, 1.807) is 0 Å². The van der Waals surface area contributed by atoms with E-state index in [0.717, 1.165) is 85.4 Å². The van der Waals surface area contributed by atoms with Gasteiger partial charge in [-0.2, -0.15) is 4.98 Å². The van der Waals surface area contributed by atoms with Crippen LogP contribution >= 0.6 is 11.6 Å². The first kappa shape index (κ1) is 25.2. The predicted molar refractivity (Wildman–Crippen MR) is 152 cm³/mol. The van der Waals surface area contributed by atoms with Crippen LogP contribution in [-0.2, 0) is 6.54 Å². The van der Waals surface area contributed by atoms with Gasteiger partial charge in [-0.15, -0.1) is 0 Å². The van der Waals surface area contributed by atoms with Gasteiger partial charge in [0.15, 0.2) is 0 Å². The Bertz CT molecular complexity index is 1320. The summed E-state index contributed by atoms with van der Waals surface area (Å²) in [5, 5.41) is 5.33. The van der Waals surface area contributed by atoms with Crippen LogP contribution < -0.4 is 15.1 Å². The van der Waals surface area contributed by atoms with Crippen molar-refractivity contribution >= 4 is 40.0 Å². The Hall–Kier alpha value is -3.49. The molecule has 0 saturated carbocycles. The molecule has 5 rings (SSSR count). The summed E-state index contributed by atoms with van der Waals surface area (Å²) < 4.78 is 0. The van der Waals surface area contributed by atoms with Gasteiger partial charge in [-0.25, -0.2) is 4.98 Å². The Labute approximate surface area is 223 Å². The van der Waals surface area contributed by atoms with E-state index in [9.17, 15) is 0 Å². The predicted octanol–water partition coefficient (Wildman–Crippen LogP) is 4.64. The van der Waals surface area contributed by atoms with Gasteiger partial charge in [-0.05, 0) is 56.8 Å². The van der Waals surface area contributed by atoms with Crippen LogP contribution in [0.15, 0.2) is 60.9 Å². The van der Waals surface area contributed by atoms with Crippen LogP contribution in [0.25, 0.3) is 10.9 Å². The van der Waals surface area contributed by atoms with E-state index in [-0.39, 0.29) is 0 Å². The lowest BCUT2D eigenvalue weighted by Crippen LogP contribution is -2.45. The van der Waals surface area contributed by atoms with Gasteiger partial charge in [0.1, 0.15) is 5.82 Å². The highest BCUT2D eigenvalue weighted by Crippen LogP contribution is 2.25. The first-order valence-electron chi connectivity index (χ1n) is 12.8. The largest absolute Gasteiger partial charge is 0.384 e. The number of nitrogens with zero attached hydrogens (tertiary/aromatic N) is 7. The minimum atomic E-state index is 0.656. The molecular weight excluding hydrogens is 484 g/mol. The molecule has 0 spiro atoms. The number of rotatable bonds is 9. The fraction of sp³-hybridized carbons (Fsp3) is 0.357. The van der Waals surface area contributed by atoms with Crippen LogP contribution in [0.2, 0.25) is 5.02 Å². The minimum absolute atomic E-state index is 0.656. The molecule has 0 unspecified atom stereocenters. The van der Waals surface area contributed by atoms with Crippen LogP contribution in [0, 0.1) is 6.92 Å². The maximum Gasteiger partial charge on any atom is 0.227 e. The Balaban J connectivity index is 1.31. The van der Waals surface area contributed by atoms with Crippen LogP contribution in [0.5, 0.6) is 0 Å². The summed E-state index contributed by atoms with van der Waals surface area (Å²) in [4.78, 5) is 25.8. The lowest BCUT2D eigenvalue weighted by atomic mass is 10.2. The average Bonchev–Trinajstić information content (AvgIpc) is 2.91. The van der Waals surface area contributed by atoms with E-state index in [1.807, 2.05) is 55.7 Å². The van der Waals surface area contributed by atoms with E-state index in [2.05, 4.69) is 49.2 Å². The fourth-order valence-electron chi connectivity index (χ4n) is 4.58. The van der Waals surface area contributed by atoms with Crippen molar-refractivity contribution in [1.82, 2.24) is 24.8 Å². The van der Waals surface area contributed by atoms with Crippen molar-refractivity contribution in [3.05, 3.63) is 77.3 Å². The van der Waals surface area contributed by atoms with Crippen molar-refractivity contribution in [2.75, 3.05) is 61.4 Å². The van der Waals surface area contributed by atoms with Gasteiger partial charge < -0.3 is 20.0 Å². The summed E-state index contributed by atoms with van der Waals surface area (Å²) in [5.41, 5.74) is 3.92.